The van der Waals surface area contributed by atoms with Gasteiger partial charge in [-0.15, -0.1) is 0 Å². The lowest BCUT2D eigenvalue weighted by Crippen LogP contribution is -2.01. The van der Waals surface area contributed by atoms with Crippen LogP contribution >= 0.6 is 0 Å². The number of benzene rings is 9. The highest BCUT2D eigenvalue weighted by molar-refractivity contribution is 6.10. The van der Waals surface area contributed by atoms with Crippen molar-refractivity contribution in [2.75, 3.05) is 0 Å². The van der Waals surface area contributed by atoms with Crippen molar-refractivity contribution in [3.05, 3.63) is 222 Å². The van der Waals surface area contributed by atoms with Crippen LogP contribution in [-0.2, 0) is 6.42 Å². The molecule has 0 spiro atoms. The topological polar surface area (TPSA) is 4.93 Å². The molecule has 0 bridgehead atoms. The molecule has 0 N–H and O–H groups in total. The van der Waals surface area contributed by atoms with Crippen molar-refractivity contribution in [2.24, 2.45) is 0 Å². The number of hydrogen-bond acceptors (Lipinski definition) is 0. The second-order valence-electron chi connectivity index (χ2n) is 15.2. The summed E-state index contributed by atoms with van der Waals surface area (Å²) in [6, 6.07) is 72.5. The van der Waals surface area contributed by atoms with Crippen molar-refractivity contribution in [3.63, 3.8) is 0 Å². The molecule has 9 aromatic carbocycles. The van der Waals surface area contributed by atoms with E-state index in [2.05, 4.69) is 199 Å². The largest absolute Gasteiger partial charge is 0.309 e. The second-order valence-corrected chi connectivity index (χ2v) is 15.2. The summed E-state index contributed by atoms with van der Waals surface area (Å²) < 4.78 is 2.39. The average molecular weight is 698 g/mol. The van der Waals surface area contributed by atoms with Gasteiger partial charge in [-0.2, -0.15) is 0 Å². The highest BCUT2D eigenvalue weighted by Gasteiger charge is 2.32. The zero-order valence-electron chi connectivity index (χ0n) is 30.2. The number of hydrogen-bond donors (Lipinski definition) is 0. The van der Waals surface area contributed by atoms with E-state index in [0.717, 1.165) is 6.42 Å². The minimum atomic E-state index is 0.131. The molecular formula is C54H35N. The van der Waals surface area contributed by atoms with Gasteiger partial charge in [-0.25, -0.2) is 0 Å². The van der Waals surface area contributed by atoms with E-state index < -0.39 is 0 Å². The summed E-state index contributed by atoms with van der Waals surface area (Å²) in [6.07, 6.45) is 1.01. The fourth-order valence-corrected chi connectivity index (χ4v) is 9.77. The zero-order valence-corrected chi connectivity index (χ0v) is 30.2. The molecule has 2 aliphatic rings. The molecule has 1 heteroatoms. The van der Waals surface area contributed by atoms with Crippen molar-refractivity contribution in [1.29, 1.82) is 0 Å². The van der Waals surface area contributed by atoms with E-state index in [1.165, 1.54) is 111 Å². The molecule has 1 aromatic heterocycles. The fraction of sp³-hybridized carbons (Fsp3) is 0.0370. The van der Waals surface area contributed by atoms with E-state index in [1.807, 2.05) is 0 Å². The summed E-state index contributed by atoms with van der Waals surface area (Å²) >= 11 is 0. The molecule has 0 aliphatic heterocycles. The van der Waals surface area contributed by atoms with Gasteiger partial charge in [0.05, 0.1) is 11.0 Å². The first-order valence-electron chi connectivity index (χ1n) is 19.3. The SMILES string of the molecule is c1ccc(-n2c3ccccc3c3cc(-c4ccc5c(c4)-c4ccccc4C5c4cc(-c5ccc6c(c5)-c5ccccc5C6)cc5ccccc45)ccc32)cc1. The summed E-state index contributed by atoms with van der Waals surface area (Å²) in [4.78, 5) is 0. The molecule has 0 saturated carbocycles. The third kappa shape index (κ3) is 4.60. The third-order valence-electron chi connectivity index (χ3n) is 12.3. The Balaban J connectivity index is 1.01. The Hall–Kier alpha value is -6.96. The van der Waals surface area contributed by atoms with Gasteiger partial charge in [0, 0.05) is 22.4 Å². The van der Waals surface area contributed by atoms with Gasteiger partial charge in [-0.3, -0.25) is 0 Å². The second kappa shape index (κ2) is 11.8. The number of nitrogens with zero attached hydrogens (tertiary/aromatic N) is 1. The highest BCUT2D eigenvalue weighted by atomic mass is 15.0. The third-order valence-corrected chi connectivity index (χ3v) is 12.3. The molecule has 1 heterocycles. The van der Waals surface area contributed by atoms with Crippen molar-refractivity contribution >= 4 is 32.6 Å². The Labute approximate surface area is 320 Å². The summed E-state index contributed by atoms with van der Waals surface area (Å²) in [6.45, 7) is 0. The normalized spacial score (nSPS) is 13.9. The van der Waals surface area contributed by atoms with Gasteiger partial charge in [-0.1, -0.05) is 140 Å². The lowest BCUT2D eigenvalue weighted by Gasteiger charge is -2.19. The number of fused-ring (bicyclic) bond motifs is 10. The fourth-order valence-electron chi connectivity index (χ4n) is 9.77. The van der Waals surface area contributed by atoms with Crippen LogP contribution in [-0.4, -0.2) is 4.57 Å². The van der Waals surface area contributed by atoms with Gasteiger partial charge in [0.2, 0.25) is 0 Å². The molecule has 1 atom stereocenters. The van der Waals surface area contributed by atoms with Crippen molar-refractivity contribution in [1.82, 2.24) is 4.57 Å². The van der Waals surface area contributed by atoms with Crippen molar-refractivity contribution < 1.29 is 0 Å². The Kier molecular flexibility index (Phi) is 6.53. The molecule has 0 saturated heterocycles. The van der Waals surface area contributed by atoms with E-state index in [-0.39, 0.29) is 5.92 Å². The Bertz CT molecular complexity index is 3180. The number of rotatable bonds is 4. The van der Waals surface area contributed by atoms with Crippen LogP contribution in [0, 0.1) is 0 Å². The van der Waals surface area contributed by atoms with Crippen molar-refractivity contribution in [2.45, 2.75) is 12.3 Å². The molecule has 1 unspecified atom stereocenters. The van der Waals surface area contributed by atoms with E-state index in [9.17, 15) is 0 Å². The van der Waals surface area contributed by atoms with Crippen LogP contribution in [0.15, 0.2) is 194 Å². The predicted molar refractivity (Wildman–Crippen MR) is 230 cm³/mol. The Morgan fingerprint density at radius 1 is 0.345 bits per heavy atom. The highest BCUT2D eigenvalue weighted by Crippen LogP contribution is 2.51. The number of para-hydroxylation sites is 2. The van der Waals surface area contributed by atoms with E-state index in [0.29, 0.717) is 0 Å². The predicted octanol–water partition coefficient (Wildman–Crippen LogP) is 14.0. The first-order chi connectivity index (χ1) is 27.3. The zero-order chi connectivity index (χ0) is 36.0. The first kappa shape index (κ1) is 30.5. The molecule has 0 fully saturated rings. The molecule has 55 heavy (non-hydrogen) atoms. The quantitative estimate of drug-likeness (QED) is 0.173. The Morgan fingerprint density at radius 2 is 0.982 bits per heavy atom. The monoisotopic (exact) mass is 697 g/mol. The smallest absolute Gasteiger partial charge is 0.0541 e. The van der Waals surface area contributed by atoms with Gasteiger partial charge in [-0.05, 0) is 144 Å². The first-order valence-corrected chi connectivity index (χ1v) is 19.3. The van der Waals surface area contributed by atoms with Gasteiger partial charge < -0.3 is 4.57 Å². The van der Waals surface area contributed by atoms with Gasteiger partial charge >= 0.3 is 0 Å². The van der Waals surface area contributed by atoms with Crippen LogP contribution in [0.5, 0.6) is 0 Å². The number of aromatic nitrogens is 1. The van der Waals surface area contributed by atoms with Crippen LogP contribution in [0.1, 0.15) is 33.7 Å². The maximum Gasteiger partial charge on any atom is 0.0541 e. The molecule has 0 radical (unpaired) electrons. The molecule has 12 rings (SSSR count). The van der Waals surface area contributed by atoms with Crippen LogP contribution in [0.3, 0.4) is 0 Å². The van der Waals surface area contributed by atoms with E-state index >= 15 is 0 Å². The van der Waals surface area contributed by atoms with Crippen LogP contribution in [0.4, 0.5) is 0 Å². The summed E-state index contributed by atoms with van der Waals surface area (Å²) in [5.74, 6) is 0.131. The average Bonchev–Trinajstić information content (AvgIpc) is 3.90. The van der Waals surface area contributed by atoms with E-state index in [4.69, 9.17) is 0 Å². The van der Waals surface area contributed by atoms with Gasteiger partial charge in [0.15, 0.2) is 0 Å². The summed E-state index contributed by atoms with van der Waals surface area (Å²) in [5.41, 5.74) is 21.0. The Morgan fingerprint density at radius 3 is 1.91 bits per heavy atom. The van der Waals surface area contributed by atoms with Crippen molar-refractivity contribution in [3.8, 4) is 50.2 Å². The van der Waals surface area contributed by atoms with Gasteiger partial charge in [0.25, 0.3) is 0 Å². The molecule has 1 nitrogen and oxygen atoms in total. The molecular weight excluding hydrogens is 663 g/mol. The molecule has 10 aromatic rings. The van der Waals surface area contributed by atoms with Crippen LogP contribution in [0.25, 0.3) is 82.8 Å². The van der Waals surface area contributed by atoms with Gasteiger partial charge in [0.1, 0.15) is 0 Å². The van der Waals surface area contributed by atoms with E-state index in [1.54, 1.807) is 0 Å². The molecule has 2 aliphatic carbocycles. The lowest BCUT2D eigenvalue weighted by atomic mass is 9.83. The maximum absolute atomic E-state index is 2.48. The summed E-state index contributed by atoms with van der Waals surface area (Å²) in [5, 5.41) is 5.14. The van der Waals surface area contributed by atoms with Crippen LogP contribution in [0.2, 0.25) is 0 Å². The molecule has 256 valence electrons. The minimum absolute atomic E-state index is 0.131. The summed E-state index contributed by atoms with van der Waals surface area (Å²) in [7, 11) is 0. The van der Waals surface area contributed by atoms with Crippen LogP contribution < -0.4 is 0 Å². The lowest BCUT2D eigenvalue weighted by molar-refractivity contribution is 1.03. The minimum Gasteiger partial charge on any atom is -0.309 e. The molecule has 0 amide bonds. The standard InChI is InChI=1S/C54H35N/c1-2-14-41(15-3-1)55-52-21-11-10-19-45(52)50-32-35(25-27-53(50)55)34-24-26-47-49(31-34)44-18-8-9-20-46(44)54(47)51-33-40(29-38-13-5-7-17-43(38)51)36-22-23-39-28-37-12-4-6-16-42(37)48(39)30-36/h1-27,29-33,54H,28H2. The maximum atomic E-state index is 2.48.